The number of hydrogen-bond donors (Lipinski definition) is 3. The van der Waals surface area contributed by atoms with Gasteiger partial charge in [-0.15, -0.1) is 0 Å². The maximum Gasteiger partial charge on any atom is 0.305 e. The maximum atomic E-state index is 12.4. The number of aliphatic hydroxyl groups is 2. The van der Waals surface area contributed by atoms with Crippen molar-refractivity contribution in [1.29, 1.82) is 0 Å². The van der Waals surface area contributed by atoms with Gasteiger partial charge >= 0.3 is 5.97 Å². The fourth-order valence-electron chi connectivity index (χ4n) is 8.10. The van der Waals surface area contributed by atoms with Crippen LogP contribution in [0.2, 0.25) is 0 Å². The van der Waals surface area contributed by atoms with Gasteiger partial charge in [-0.05, 0) is 77.0 Å². The number of aliphatic hydroxyl groups excluding tert-OH is 2. The van der Waals surface area contributed by atoms with Crippen LogP contribution in [-0.2, 0) is 14.3 Å². The standard InChI is InChI=1S/C54H103NO5/c1-3-5-7-9-11-13-15-17-23-26-30-34-38-42-46-52(57)51(50-56)55-53(58)47-43-39-35-31-27-24-21-19-18-20-22-25-29-33-37-41-45-49-60-54(59)48-44-40-36-32-28-16-14-12-10-8-6-4-2/h12,14,18,20,51-52,56-57H,3-11,13,15-17,19,21-50H2,1-2H3,(H,55,58)/b14-12-,20-18-. The molecule has 2 atom stereocenters. The van der Waals surface area contributed by atoms with Crippen molar-refractivity contribution >= 4 is 11.9 Å². The van der Waals surface area contributed by atoms with Crippen molar-refractivity contribution < 1.29 is 24.5 Å². The third kappa shape index (κ3) is 45.9. The van der Waals surface area contributed by atoms with Crippen LogP contribution in [0.25, 0.3) is 0 Å². The number of carbonyl (C=O) groups is 2. The molecule has 0 aromatic carbocycles. The van der Waals surface area contributed by atoms with E-state index in [1.54, 1.807) is 0 Å². The lowest BCUT2D eigenvalue weighted by atomic mass is 10.0. The van der Waals surface area contributed by atoms with Crippen LogP contribution in [0.3, 0.4) is 0 Å². The molecule has 6 heteroatoms. The Bertz CT molecular complexity index is 935. The van der Waals surface area contributed by atoms with Crippen LogP contribution in [0.1, 0.15) is 284 Å². The van der Waals surface area contributed by atoms with Gasteiger partial charge in [-0.1, -0.05) is 218 Å². The monoisotopic (exact) mass is 846 g/mol. The Morgan fingerprint density at radius 2 is 0.783 bits per heavy atom. The Hall–Kier alpha value is -1.66. The fourth-order valence-corrected chi connectivity index (χ4v) is 8.10. The second-order valence-corrected chi connectivity index (χ2v) is 18.2. The summed E-state index contributed by atoms with van der Waals surface area (Å²) < 4.78 is 5.44. The SMILES string of the molecule is CCCCC/C=C\CCCCCCCC(=O)OCCCCCCCC/C=C\CCCCCCCCCC(=O)NC(CO)C(O)CCCCCCCCCCCCCCCC. The second kappa shape index (κ2) is 50.0. The number of esters is 1. The summed E-state index contributed by atoms with van der Waals surface area (Å²) in [5.74, 6) is -0.0590. The van der Waals surface area contributed by atoms with E-state index in [4.69, 9.17) is 4.74 Å². The summed E-state index contributed by atoms with van der Waals surface area (Å²) >= 11 is 0. The molecular weight excluding hydrogens is 743 g/mol. The van der Waals surface area contributed by atoms with Gasteiger partial charge in [-0.3, -0.25) is 9.59 Å². The van der Waals surface area contributed by atoms with Crippen molar-refractivity contribution in [3.8, 4) is 0 Å². The van der Waals surface area contributed by atoms with E-state index in [0.29, 0.717) is 25.9 Å². The predicted octanol–water partition coefficient (Wildman–Crippen LogP) is 15.9. The van der Waals surface area contributed by atoms with Crippen LogP contribution in [0.5, 0.6) is 0 Å². The normalized spacial score (nSPS) is 12.8. The third-order valence-corrected chi connectivity index (χ3v) is 12.2. The number of allylic oxidation sites excluding steroid dienone is 4. The Morgan fingerprint density at radius 1 is 0.450 bits per heavy atom. The number of unbranched alkanes of at least 4 members (excludes halogenated alkanes) is 34. The van der Waals surface area contributed by atoms with Crippen molar-refractivity contribution in [2.24, 2.45) is 0 Å². The van der Waals surface area contributed by atoms with Gasteiger partial charge in [0.25, 0.3) is 0 Å². The molecule has 2 unspecified atom stereocenters. The maximum absolute atomic E-state index is 12.4. The van der Waals surface area contributed by atoms with E-state index >= 15 is 0 Å². The molecule has 1 amide bonds. The summed E-state index contributed by atoms with van der Waals surface area (Å²) in [7, 11) is 0. The molecule has 0 saturated heterocycles. The van der Waals surface area contributed by atoms with Crippen molar-refractivity contribution in [3.05, 3.63) is 24.3 Å². The highest BCUT2D eigenvalue weighted by Gasteiger charge is 2.20. The quantitative estimate of drug-likeness (QED) is 0.0322. The van der Waals surface area contributed by atoms with Crippen LogP contribution in [-0.4, -0.2) is 47.4 Å². The zero-order valence-electron chi connectivity index (χ0n) is 40.2. The van der Waals surface area contributed by atoms with Crippen molar-refractivity contribution in [2.45, 2.75) is 296 Å². The minimum atomic E-state index is -0.671. The molecule has 0 aromatic rings. The highest BCUT2D eigenvalue weighted by molar-refractivity contribution is 5.76. The molecule has 6 nitrogen and oxygen atoms in total. The van der Waals surface area contributed by atoms with Crippen LogP contribution in [0.15, 0.2) is 24.3 Å². The molecule has 0 aliphatic heterocycles. The highest BCUT2D eigenvalue weighted by atomic mass is 16.5. The topological polar surface area (TPSA) is 95.9 Å². The Morgan fingerprint density at radius 3 is 1.22 bits per heavy atom. The molecule has 0 aliphatic carbocycles. The third-order valence-electron chi connectivity index (χ3n) is 12.2. The van der Waals surface area contributed by atoms with Crippen molar-refractivity contribution in [3.63, 3.8) is 0 Å². The van der Waals surface area contributed by atoms with Gasteiger partial charge in [0.2, 0.25) is 5.91 Å². The Balaban J connectivity index is 3.47. The summed E-state index contributed by atoms with van der Waals surface area (Å²) in [6, 6.07) is -0.550. The van der Waals surface area contributed by atoms with Gasteiger partial charge in [0.05, 0.1) is 25.4 Å². The summed E-state index contributed by atoms with van der Waals surface area (Å²) in [5, 5.41) is 23.2. The first-order valence-corrected chi connectivity index (χ1v) is 26.6. The summed E-state index contributed by atoms with van der Waals surface area (Å²) in [4.78, 5) is 24.4. The first-order chi connectivity index (χ1) is 29.5. The molecule has 0 aliphatic rings. The predicted molar refractivity (Wildman–Crippen MR) is 260 cm³/mol. The van der Waals surface area contributed by atoms with E-state index in [-0.39, 0.29) is 18.5 Å². The van der Waals surface area contributed by atoms with E-state index in [2.05, 4.69) is 43.5 Å². The molecule has 3 N–H and O–H groups in total. The molecular formula is C54H103NO5. The molecule has 0 saturated carbocycles. The lowest BCUT2D eigenvalue weighted by Crippen LogP contribution is -2.45. The van der Waals surface area contributed by atoms with Crippen LogP contribution >= 0.6 is 0 Å². The van der Waals surface area contributed by atoms with E-state index in [0.717, 1.165) is 57.8 Å². The lowest BCUT2D eigenvalue weighted by Gasteiger charge is -2.22. The van der Waals surface area contributed by atoms with E-state index in [1.165, 1.54) is 193 Å². The van der Waals surface area contributed by atoms with Crippen molar-refractivity contribution in [2.75, 3.05) is 13.2 Å². The van der Waals surface area contributed by atoms with Gasteiger partial charge in [0, 0.05) is 12.8 Å². The Kier molecular flexibility index (Phi) is 48.6. The molecule has 0 spiro atoms. The first-order valence-electron chi connectivity index (χ1n) is 26.6. The molecule has 0 heterocycles. The molecule has 0 bridgehead atoms. The van der Waals surface area contributed by atoms with Crippen LogP contribution in [0.4, 0.5) is 0 Å². The van der Waals surface area contributed by atoms with E-state index in [9.17, 15) is 19.8 Å². The average Bonchev–Trinajstić information content (AvgIpc) is 3.25. The smallest absolute Gasteiger partial charge is 0.305 e. The highest BCUT2D eigenvalue weighted by Crippen LogP contribution is 2.16. The average molecular weight is 846 g/mol. The summed E-state index contributed by atoms with van der Waals surface area (Å²) in [6.45, 7) is 4.90. The summed E-state index contributed by atoms with van der Waals surface area (Å²) in [5.41, 5.74) is 0. The minimum absolute atomic E-state index is 0.0121. The molecule has 60 heavy (non-hydrogen) atoms. The minimum Gasteiger partial charge on any atom is -0.466 e. The van der Waals surface area contributed by atoms with Gasteiger partial charge < -0.3 is 20.3 Å². The Labute approximate surface area is 373 Å². The van der Waals surface area contributed by atoms with Crippen LogP contribution in [0, 0.1) is 0 Å². The lowest BCUT2D eigenvalue weighted by molar-refractivity contribution is -0.143. The van der Waals surface area contributed by atoms with Crippen molar-refractivity contribution in [1.82, 2.24) is 5.32 Å². The van der Waals surface area contributed by atoms with Gasteiger partial charge in [-0.2, -0.15) is 0 Å². The van der Waals surface area contributed by atoms with Crippen LogP contribution < -0.4 is 5.32 Å². The van der Waals surface area contributed by atoms with Gasteiger partial charge in [0.1, 0.15) is 0 Å². The number of ether oxygens (including phenoxy) is 1. The molecule has 0 fully saturated rings. The molecule has 354 valence electrons. The number of hydrogen-bond acceptors (Lipinski definition) is 5. The summed E-state index contributed by atoms with van der Waals surface area (Å²) in [6.07, 6.45) is 58.6. The molecule has 0 aromatic heterocycles. The second-order valence-electron chi connectivity index (χ2n) is 18.2. The zero-order valence-corrected chi connectivity index (χ0v) is 40.2. The van der Waals surface area contributed by atoms with E-state index in [1.807, 2.05) is 0 Å². The number of amides is 1. The van der Waals surface area contributed by atoms with Gasteiger partial charge in [-0.25, -0.2) is 0 Å². The van der Waals surface area contributed by atoms with Gasteiger partial charge in [0.15, 0.2) is 0 Å². The first kappa shape index (κ1) is 58.3. The molecule has 0 radical (unpaired) electrons. The molecule has 0 rings (SSSR count). The largest absolute Gasteiger partial charge is 0.466 e. The number of nitrogens with one attached hydrogen (secondary N) is 1. The fraction of sp³-hybridized carbons (Fsp3) is 0.889. The van der Waals surface area contributed by atoms with E-state index < -0.39 is 12.1 Å². The zero-order chi connectivity index (χ0) is 43.7. The number of carbonyl (C=O) groups excluding carboxylic acids is 2. The number of rotatable bonds is 49.